The molecule has 8 heteroatoms. The van der Waals surface area contributed by atoms with E-state index in [2.05, 4.69) is 15.2 Å². The van der Waals surface area contributed by atoms with E-state index in [-0.39, 0.29) is 10.9 Å². The summed E-state index contributed by atoms with van der Waals surface area (Å²) in [7, 11) is -2.19. The zero-order valence-corrected chi connectivity index (χ0v) is 13.1. The second kappa shape index (κ2) is 6.05. The molecule has 1 unspecified atom stereocenters. The highest BCUT2D eigenvalue weighted by Gasteiger charge is 2.37. The predicted molar refractivity (Wildman–Crippen MR) is 79.9 cm³/mol. The molecule has 0 saturated carbocycles. The largest absolute Gasteiger partial charge is 0.495 e. The molecule has 1 aromatic heterocycles. The van der Waals surface area contributed by atoms with Gasteiger partial charge in [0.25, 0.3) is 0 Å². The van der Waals surface area contributed by atoms with E-state index in [0.717, 1.165) is 19.3 Å². The highest BCUT2D eigenvalue weighted by molar-refractivity contribution is 7.89. The van der Waals surface area contributed by atoms with E-state index in [1.807, 2.05) is 0 Å². The molecule has 1 fully saturated rings. The molecule has 0 bridgehead atoms. The quantitative estimate of drug-likeness (QED) is 0.926. The maximum absolute atomic E-state index is 13.1. The van der Waals surface area contributed by atoms with Crippen LogP contribution >= 0.6 is 0 Å². The number of piperidine rings is 1. The number of nitrogens with zero attached hydrogens (tertiary/aromatic N) is 3. The molecule has 3 rings (SSSR count). The highest BCUT2D eigenvalue weighted by Crippen LogP contribution is 2.36. The molecule has 7 nitrogen and oxygen atoms in total. The van der Waals surface area contributed by atoms with Crippen LogP contribution < -0.4 is 4.74 Å². The third-order valence-electron chi connectivity index (χ3n) is 3.86. The first kappa shape index (κ1) is 15.0. The maximum Gasteiger partial charge on any atom is 0.247 e. The van der Waals surface area contributed by atoms with Crippen molar-refractivity contribution >= 4 is 10.0 Å². The lowest BCUT2D eigenvalue weighted by molar-refractivity contribution is 0.246. The Morgan fingerprint density at radius 1 is 1.32 bits per heavy atom. The Kier molecular flexibility index (Phi) is 4.12. The number of sulfonamides is 1. The van der Waals surface area contributed by atoms with Crippen molar-refractivity contribution in [3.05, 3.63) is 36.4 Å². The van der Waals surface area contributed by atoms with Crippen LogP contribution in [0.25, 0.3) is 0 Å². The minimum absolute atomic E-state index is 0.184. The van der Waals surface area contributed by atoms with Crippen LogP contribution in [0.2, 0.25) is 0 Å². The van der Waals surface area contributed by atoms with Gasteiger partial charge in [-0.1, -0.05) is 18.6 Å². The molecule has 0 amide bonds. The number of hydrogen-bond acceptors (Lipinski definition) is 5. The molecule has 0 aliphatic carbocycles. The van der Waals surface area contributed by atoms with E-state index in [1.165, 1.54) is 17.7 Å². The average molecular weight is 322 g/mol. The summed E-state index contributed by atoms with van der Waals surface area (Å²) in [5.74, 6) is 0.933. The summed E-state index contributed by atoms with van der Waals surface area (Å²) < 4.78 is 32.8. The molecule has 1 aromatic carbocycles. The third kappa shape index (κ3) is 2.59. The smallest absolute Gasteiger partial charge is 0.247 e. The van der Waals surface area contributed by atoms with Crippen LogP contribution in [0.4, 0.5) is 0 Å². The normalized spacial score (nSPS) is 20.0. The summed E-state index contributed by atoms with van der Waals surface area (Å²) in [6.45, 7) is 0.464. The first-order chi connectivity index (χ1) is 10.6. The van der Waals surface area contributed by atoms with Crippen molar-refractivity contribution in [2.45, 2.75) is 30.2 Å². The molecule has 1 saturated heterocycles. The molecular formula is C14H18N4O3S. The Balaban J connectivity index is 2.02. The maximum atomic E-state index is 13.1. The van der Waals surface area contributed by atoms with Crippen LogP contribution in [0, 0.1) is 0 Å². The molecule has 2 heterocycles. The summed E-state index contributed by atoms with van der Waals surface area (Å²) in [5.41, 5.74) is 0. The Bertz CT molecular complexity index is 730. The van der Waals surface area contributed by atoms with Crippen molar-refractivity contribution in [1.82, 2.24) is 19.5 Å². The van der Waals surface area contributed by atoms with Gasteiger partial charge in [-0.15, -0.1) is 0 Å². The Morgan fingerprint density at radius 2 is 2.14 bits per heavy atom. The van der Waals surface area contributed by atoms with Crippen LogP contribution in [0.3, 0.4) is 0 Å². The van der Waals surface area contributed by atoms with E-state index >= 15 is 0 Å². The Morgan fingerprint density at radius 3 is 2.86 bits per heavy atom. The lowest BCUT2D eigenvalue weighted by Crippen LogP contribution is -2.39. The average Bonchev–Trinajstić information content (AvgIpc) is 3.09. The van der Waals surface area contributed by atoms with Crippen molar-refractivity contribution in [2.75, 3.05) is 13.7 Å². The van der Waals surface area contributed by atoms with Gasteiger partial charge in [0.05, 0.1) is 13.2 Å². The number of para-hydroxylation sites is 1. The van der Waals surface area contributed by atoms with Gasteiger partial charge < -0.3 is 4.74 Å². The van der Waals surface area contributed by atoms with Crippen molar-refractivity contribution < 1.29 is 13.2 Å². The fourth-order valence-electron chi connectivity index (χ4n) is 2.80. The number of aromatic amines is 1. The van der Waals surface area contributed by atoms with E-state index in [0.29, 0.717) is 18.1 Å². The van der Waals surface area contributed by atoms with Gasteiger partial charge in [-0.05, 0) is 25.0 Å². The number of benzene rings is 1. The minimum Gasteiger partial charge on any atom is -0.495 e. The van der Waals surface area contributed by atoms with Crippen molar-refractivity contribution in [2.24, 2.45) is 0 Å². The van der Waals surface area contributed by atoms with Crippen LogP contribution in [-0.2, 0) is 10.0 Å². The molecule has 1 aliphatic rings. The van der Waals surface area contributed by atoms with E-state index in [4.69, 9.17) is 4.74 Å². The van der Waals surface area contributed by atoms with Crippen molar-refractivity contribution in [1.29, 1.82) is 0 Å². The second-order valence-corrected chi connectivity index (χ2v) is 7.01. The third-order valence-corrected chi connectivity index (χ3v) is 5.81. The second-order valence-electron chi connectivity index (χ2n) is 5.15. The van der Waals surface area contributed by atoms with Crippen LogP contribution in [0.5, 0.6) is 5.75 Å². The Labute approximate surface area is 129 Å². The van der Waals surface area contributed by atoms with Gasteiger partial charge in [-0.2, -0.15) is 9.40 Å². The van der Waals surface area contributed by atoms with E-state index in [9.17, 15) is 8.42 Å². The molecule has 1 N–H and O–H groups in total. The molecule has 2 aromatic rings. The highest BCUT2D eigenvalue weighted by atomic mass is 32.2. The monoisotopic (exact) mass is 322 g/mol. The lowest BCUT2D eigenvalue weighted by atomic mass is 10.0. The number of rotatable bonds is 4. The molecule has 1 atom stereocenters. The number of methoxy groups -OCH3 is 1. The SMILES string of the molecule is COc1ccccc1S(=O)(=O)N1CCCCC1c1ncn[nH]1. The summed E-state index contributed by atoms with van der Waals surface area (Å²) >= 11 is 0. The fraction of sp³-hybridized carbons (Fsp3) is 0.429. The minimum atomic E-state index is -3.66. The summed E-state index contributed by atoms with van der Waals surface area (Å²) in [6.07, 6.45) is 3.92. The standard InChI is InChI=1S/C14H18N4O3S/c1-21-12-7-2-3-8-13(12)22(19,20)18-9-5-4-6-11(18)14-15-10-16-17-14/h2-3,7-8,10-11H,4-6,9H2,1H3,(H,15,16,17). The van der Waals surface area contributed by atoms with Gasteiger partial charge in [0.1, 0.15) is 22.8 Å². The first-order valence-electron chi connectivity index (χ1n) is 7.14. The molecule has 1 aliphatic heterocycles. The summed E-state index contributed by atoms with van der Waals surface area (Å²) in [6, 6.07) is 6.36. The first-order valence-corrected chi connectivity index (χ1v) is 8.58. The summed E-state index contributed by atoms with van der Waals surface area (Å²) in [5, 5.41) is 6.63. The molecule has 118 valence electrons. The van der Waals surface area contributed by atoms with Gasteiger partial charge in [0.2, 0.25) is 10.0 Å². The van der Waals surface area contributed by atoms with Crippen LogP contribution in [-0.4, -0.2) is 41.6 Å². The number of ether oxygens (including phenoxy) is 1. The topological polar surface area (TPSA) is 88.2 Å². The van der Waals surface area contributed by atoms with Crippen LogP contribution in [0.15, 0.2) is 35.5 Å². The molecular weight excluding hydrogens is 304 g/mol. The van der Waals surface area contributed by atoms with Gasteiger partial charge in [-0.25, -0.2) is 13.4 Å². The number of hydrogen-bond donors (Lipinski definition) is 1. The zero-order valence-electron chi connectivity index (χ0n) is 12.3. The summed E-state index contributed by atoms with van der Waals surface area (Å²) in [4.78, 5) is 4.32. The molecule has 0 spiro atoms. The molecule has 22 heavy (non-hydrogen) atoms. The Hall–Kier alpha value is -1.93. The van der Waals surface area contributed by atoms with Gasteiger partial charge in [-0.3, -0.25) is 5.10 Å². The number of H-pyrrole nitrogens is 1. The van der Waals surface area contributed by atoms with Gasteiger partial charge >= 0.3 is 0 Å². The van der Waals surface area contributed by atoms with E-state index in [1.54, 1.807) is 24.3 Å². The van der Waals surface area contributed by atoms with Crippen LogP contribution in [0.1, 0.15) is 31.1 Å². The van der Waals surface area contributed by atoms with E-state index < -0.39 is 10.0 Å². The van der Waals surface area contributed by atoms with Crippen molar-refractivity contribution in [3.8, 4) is 5.75 Å². The lowest BCUT2D eigenvalue weighted by Gasteiger charge is -2.33. The molecule has 0 radical (unpaired) electrons. The fourth-order valence-corrected chi connectivity index (χ4v) is 4.62. The van der Waals surface area contributed by atoms with Gasteiger partial charge in [0.15, 0.2) is 0 Å². The number of aromatic nitrogens is 3. The number of nitrogens with one attached hydrogen (secondary N) is 1. The van der Waals surface area contributed by atoms with Crippen molar-refractivity contribution in [3.63, 3.8) is 0 Å². The zero-order chi connectivity index (χ0) is 15.6. The predicted octanol–water partition coefficient (Wildman–Crippen LogP) is 1.73. The van der Waals surface area contributed by atoms with Gasteiger partial charge in [0, 0.05) is 6.54 Å².